The summed E-state index contributed by atoms with van der Waals surface area (Å²) in [5, 5.41) is 12.4. The van der Waals surface area contributed by atoms with Crippen molar-refractivity contribution in [3.05, 3.63) is 35.9 Å². The average Bonchev–Trinajstić information content (AvgIpc) is 3.05. The number of aliphatic imine (C=N–C) groups is 1. The first kappa shape index (κ1) is 21.5. The summed E-state index contributed by atoms with van der Waals surface area (Å²) in [6.45, 7) is 5.82. The zero-order chi connectivity index (χ0) is 21.5. The average molecular weight is 426 g/mol. The number of anilines is 1. The quantitative estimate of drug-likeness (QED) is 0.435. The number of rotatable bonds is 6. The van der Waals surface area contributed by atoms with E-state index in [1.807, 2.05) is 13.1 Å². The summed E-state index contributed by atoms with van der Waals surface area (Å²) in [7, 11) is 3.58. The van der Waals surface area contributed by atoms with Crippen molar-refractivity contribution in [3.8, 4) is 5.75 Å². The Hall–Kier alpha value is -2.77. The summed E-state index contributed by atoms with van der Waals surface area (Å²) in [5.74, 6) is 4.21. The molecule has 0 aliphatic carbocycles. The van der Waals surface area contributed by atoms with Crippen molar-refractivity contribution >= 4 is 11.6 Å². The fraction of sp³-hybridized carbons (Fsp3) is 0.609. The number of hydrogen-bond donors (Lipinski definition) is 1. The number of benzene rings is 1. The van der Waals surface area contributed by atoms with Crippen LogP contribution in [0, 0.1) is 0 Å². The normalized spacial score (nSPS) is 17.3. The lowest BCUT2D eigenvalue weighted by molar-refractivity contribution is 0.371. The van der Waals surface area contributed by atoms with Crippen molar-refractivity contribution in [2.45, 2.75) is 45.1 Å². The Balaban J connectivity index is 1.23. The highest BCUT2D eigenvalue weighted by Crippen LogP contribution is 2.22. The molecule has 8 nitrogen and oxygen atoms in total. The number of methoxy groups -OCH3 is 1. The highest BCUT2D eigenvalue weighted by molar-refractivity contribution is 5.80. The van der Waals surface area contributed by atoms with Gasteiger partial charge in [0.25, 0.3) is 0 Å². The maximum atomic E-state index is 5.36. The van der Waals surface area contributed by atoms with Crippen LogP contribution in [-0.4, -0.2) is 72.5 Å². The molecule has 0 unspecified atom stereocenters. The summed E-state index contributed by atoms with van der Waals surface area (Å²) in [6, 6.07) is 8.29. The van der Waals surface area contributed by atoms with Gasteiger partial charge < -0.3 is 24.4 Å². The van der Waals surface area contributed by atoms with Crippen LogP contribution in [0.15, 0.2) is 29.3 Å². The Bertz CT molecular complexity index is 871. The Morgan fingerprint density at radius 3 is 2.77 bits per heavy atom. The molecular formula is C23H35N7O. The summed E-state index contributed by atoms with van der Waals surface area (Å²) in [5.41, 5.74) is 1.22. The number of ether oxygens (including phenoxy) is 1. The van der Waals surface area contributed by atoms with E-state index in [-0.39, 0.29) is 0 Å². The molecule has 1 fully saturated rings. The molecule has 1 aromatic carbocycles. The van der Waals surface area contributed by atoms with Gasteiger partial charge in [0.05, 0.1) is 7.11 Å². The third-order valence-electron chi connectivity index (χ3n) is 6.26. The number of aryl methyl sites for hydroxylation is 2. The summed E-state index contributed by atoms with van der Waals surface area (Å²) < 4.78 is 7.71. The number of guanidine groups is 1. The van der Waals surface area contributed by atoms with Gasteiger partial charge in [-0.2, -0.15) is 0 Å². The molecule has 1 saturated heterocycles. The molecule has 1 N–H and O–H groups in total. The molecule has 1 aromatic heterocycles. The molecular weight excluding hydrogens is 390 g/mol. The first-order valence-corrected chi connectivity index (χ1v) is 11.5. The molecule has 168 valence electrons. The third-order valence-corrected chi connectivity index (χ3v) is 6.26. The van der Waals surface area contributed by atoms with Crippen LogP contribution in [0.4, 0.5) is 5.69 Å². The van der Waals surface area contributed by atoms with E-state index in [2.05, 4.69) is 53.1 Å². The van der Waals surface area contributed by atoms with Gasteiger partial charge >= 0.3 is 0 Å². The van der Waals surface area contributed by atoms with E-state index in [4.69, 9.17) is 4.74 Å². The van der Waals surface area contributed by atoms with Gasteiger partial charge in [-0.1, -0.05) is 12.5 Å². The maximum Gasteiger partial charge on any atom is 0.193 e. The Morgan fingerprint density at radius 1 is 1.10 bits per heavy atom. The summed E-state index contributed by atoms with van der Waals surface area (Å²) >= 11 is 0. The molecule has 0 bridgehead atoms. The second-order valence-electron chi connectivity index (χ2n) is 8.25. The molecule has 4 rings (SSSR count). The van der Waals surface area contributed by atoms with Crippen molar-refractivity contribution in [3.63, 3.8) is 0 Å². The van der Waals surface area contributed by atoms with Crippen molar-refractivity contribution in [1.82, 2.24) is 25.0 Å². The number of fused-ring (bicyclic) bond motifs is 1. The van der Waals surface area contributed by atoms with Crippen molar-refractivity contribution in [2.75, 3.05) is 51.8 Å². The molecule has 2 aliphatic heterocycles. The summed E-state index contributed by atoms with van der Waals surface area (Å²) in [4.78, 5) is 9.27. The molecule has 2 aliphatic rings. The second kappa shape index (κ2) is 10.5. The number of nitrogens with zero attached hydrogens (tertiary/aromatic N) is 6. The molecule has 2 aromatic rings. The Morgan fingerprint density at radius 2 is 1.97 bits per heavy atom. The monoisotopic (exact) mass is 425 g/mol. The van der Waals surface area contributed by atoms with Crippen LogP contribution >= 0.6 is 0 Å². The van der Waals surface area contributed by atoms with Gasteiger partial charge in [0.1, 0.15) is 17.4 Å². The zero-order valence-corrected chi connectivity index (χ0v) is 18.9. The molecule has 0 radical (unpaired) electrons. The van der Waals surface area contributed by atoms with Gasteiger partial charge in [-0.25, -0.2) is 0 Å². The van der Waals surface area contributed by atoms with E-state index >= 15 is 0 Å². The molecule has 0 amide bonds. The van der Waals surface area contributed by atoms with Crippen LogP contribution in [0.5, 0.6) is 5.75 Å². The van der Waals surface area contributed by atoms with E-state index in [1.54, 1.807) is 7.11 Å². The highest BCUT2D eigenvalue weighted by Gasteiger charge is 2.20. The lowest BCUT2D eigenvalue weighted by Crippen LogP contribution is -2.52. The van der Waals surface area contributed by atoms with Gasteiger partial charge in [-0.3, -0.25) is 4.99 Å². The van der Waals surface area contributed by atoms with E-state index < -0.39 is 0 Å². The molecule has 31 heavy (non-hydrogen) atoms. The van der Waals surface area contributed by atoms with Gasteiger partial charge in [0, 0.05) is 70.9 Å². The number of aromatic nitrogens is 3. The number of nitrogens with one attached hydrogen (secondary N) is 1. The minimum absolute atomic E-state index is 0.894. The fourth-order valence-corrected chi connectivity index (χ4v) is 4.49. The molecule has 3 heterocycles. The van der Waals surface area contributed by atoms with Gasteiger partial charge in [-0.15, -0.1) is 10.2 Å². The molecule has 0 atom stereocenters. The van der Waals surface area contributed by atoms with Crippen molar-refractivity contribution in [1.29, 1.82) is 0 Å². The number of piperazine rings is 1. The lowest BCUT2D eigenvalue weighted by Gasteiger charge is -2.37. The number of hydrogen-bond acceptors (Lipinski definition) is 5. The van der Waals surface area contributed by atoms with E-state index in [0.717, 1.165) is 76.1 Å². The zero-order valence-electron chi connectivity index (χ0n) is 18.9. The standard InChI is InChI=1S/C23H35N7O/c1-24-23(25-12-7-11-22-27-26-21-10-4-3-5-13-30(21)22)29-16-14-28(15-17-29)19-8-6-9-20(18-19)31-2/h6,8-9,18H,3-5,7,10-17H2,1-2H3,(H,24,25). The Kier molecular flexibility index (Phi) is 7.27. The van der Waals surface area contributed by atoms with Gasteiger partial charge in [0.2, 0.25) is 0 Å². The minimum Gasteiger partial charge on any atom is -0.497 e. The summed E-state index contributed by atoms with van der Waals surface area (Å²) in [6.07, 6.45) is 6.83. The van der Waals surface area contributed by atoms with Crippen molar-refractivity contribution in [2.24, 2.45) is 4.99 Å². The first-order valence-electron chi connectivity index (χ1n) is 11.5. The molecule has 0 saturated carbocycles. The van der Waals surface area contributed by atoms with Crippen LogP contribution in [0.25, 0.3) is 0 Å². The lowest BCUT2D eigenvalue weighted by atomic mass is 10.2. The predicted molar refractivity (Wildman–Crippen MR) is 124 cm³/mol. The molecule has 0 spiro atoms. The predicted octanol–water partition coefficient (Wildman–Crippen LogP) is 2.34. The smallest absolute Gasteiger partial charge is 0.193 e. The van der Waals surface area contributed by atoms with Crippen molar-refractivity contribution < 1.29 is 4.74 Å². The van der Waals surface area contributed by atoms with E-state index in [0.29, 0.717) is 0 Å². The Labute approximate surface area is 185 Å². The minimum atomic E-state index is 0.894. The largest absolute Gasteiger partial charge is 0.497 e. The van der Waals surface area contributed by atoms with Crippen LogP contribution in [0.2, 0.25) is 0 Å². The van der Waals surface area contributed by atoms with Gasteiger partial charge in [0.15, 0.2) is 5.96 Å². The third kappa shape index (κ3) is 5.29. The molecule has 8 heteroatoms. The fourth-order valence-electron chi connectivity index (χ4n) is 4.49. The van der Waals surface area contributed by atoms with Crippen LogP contribution in [0.1, 0.15) is 37.3 Å². The highest BCUT2D eigenvalue weighted by atomic mass is 16.5. The second-order valence-corrected chi connectivity index (χ2v) is 8.25. The van der Waals surface area contributed by atoms with Gasteiger partial charge in [-0.05, 0) is 31.4 Å². The topological polar surface area (TPSA) is 70.8 Å². The maximum absolute atomic E-state index is 5.36. The first-order chi connectivity index (χ1) is 15.3. The van der Waals surface area contributed by atoms with E-state index in [9.17, 15) is 0 Å². The van der Waals surface area contributed by atoms with E-state index in [1.165, 1.54) is 30.8 Å². The van der Waals surface area contributed by atoms with Crippen LogP contribution < -0.4 is 15.0 Å². The SMILES string of the molecule is CN=C(NCCCc1nnc2n1CCCCC2)N1CCN(c2cccc(OC)c2)CC1. The van der Waals surface area contributed by atoms with Crippen LogP contribution in [0.3, 0.4) is 0 Å². The van der Waals surface area contributed by atoms with Crippen LogP contribution in [-0.2, 0) is 19.4 Å².